The van der Waals surface area contributed by atoms with Crippen LogP contribution in [0.1, 0.15) is 30.9 Å². The fraction of sp³-hybridized carbons (Fsp3) is 0.500. The van der Waals surface area contributed by atoms with Crippen molar-refractivity contribution < 1.29 is 4.39 Å². The zero-order valence-electron chi connectivity index (χ0n) is 11.0. The van der Waals surface area contributed by atoms with Crippen LogP contribution in [0.4, 0.5) is 4.39 Å². The first-order valence-electron chi connectivity index (χ1n) is 6.27. The van der Waals surface area contributed by atoms with E-state index in [0.717, 1.165) is 13.0 Å². The summed E-state index contributed by atoms with van der Waals surface area (Å²) < 4.78 is 13.8. The van der Waals surface area contributed by atoms with Crippen molar-refractivity contribution in [3.63, 3.8) is 0 Å². The van der Waals surface area contributed by atoms with Crippen molar-refractivity contribution in [1.82, 2.24) is 30.5 Å². The van der Waals surface area contributed by atoms with Crippen molar-refractivity contribution in [3.8, 4) is 0 Å². The van der Waals surface area contributed by atoms with Gasteiger partial charge in [-0.25, -0.2) is 4.39 Å². The van der Waals surface area contributed by atoms with E-state index in [1.165, 1.54) is 10.9 Å². The maximum Gasteiger partial charge on any atom is 0.176 e. The smallest absolute Gasteiger partial charge is 0.176 e. The molecule has 0 aliphatic heterocycles. The Morgan fingerprint density at radius 3 is 2.95 bits per heavy atom. The molecule has 19 heavy (non-hydrogen) atoms. The lowest BCUT2D eigenvalue weighted by molar-refractivity contribution is 0.474. The summed E-state index contributed by atoms with van der Waals surface area (Å²) in [6.45, 7) is 2.83. The van der Waals surface area contributed by atoms with Crippen LogP contribution in [0.2, 0.25) is 0 Å². The Kier molecular flexibility index (Phi) is 4.51. The van der Waals surface area contributed by atoms with Crippen LogP contribution < -0.4 is 5.32 Å². The van der Waals surface area contributed by atoms with Gasteiger partial charge in [-0.2, -0.15) is 4.80 Å². The van der Waals surface area contributed by atoms with Crippen molar-refractivity contribution in [3.05, 3.63) is 35.7 Å². The van der Waals surface area contributed by atoms with Crippen LogP contribution in [0.3, 0.4) is 0 Å². The molecule has 2 heterocycles. The Hall–Kier alpha value is -1.89. The van der Waals surface area contributed by atoms with E-state index < -0.39 is 0 Å². The van der Waals surface area contributed by atoms with E-state index >= 15 is 0 Å². The SMILES string of the molecule is CCCNC(Cc1nnn(C)n1)c1ncccc1F. The van der Waals surface area contributed by atoms with Crippen molar-refractivity contribution in [2.24, 2.45) is 7.05 Å². The zero-order valence-corrected chi connectivity index (χ0v) is 11.0. The molecule has 2 aromatic rings. The molecule has 102 valence electrons. The summed E-state index contributed by atoms with van der Waals surface area (Å²) in [7, 11) is 1.70. The van der Waals surface area contributed by atoms with Crippen LogP contribution in [0, 0.1) is 5.82 Å². The molecule has 2 rings (SSSR count). The fourth-order valence-electron chi connectivity index (χ4n) is 1.83. The molecule has 0 radical (unpaired) electrons. The average molecular weight is 264 g/mol. The number of pyridine rings is 1. The minimum Gasteiger partial charge on any atom is -0.308 e. The maximum atomic E-state index is 13.8. The normalized spacial score (nSPS) is 12.6. The van der Waals surface area contributed by atoms with Crippen LogP contribution in [0.25, 0.3) is 0 Å². The molecule has 0 aromatic carbocycles. The molecule has 0 saturated heterocycles. The Balaban J connectivity index is 2.18. The number of aryl methyl sites for hydroxylation is 1. The van der Waals surface area contributed by atoms with E-state index in [2.05, 4.69) is 32.6 Å². The Morgan fingerprint density at radius 2 is 2.32 bits per heavy atom. The van der Waals surface area contributed by atoms with Gasteiger partial charge in [0.1, 0.15) is 5.82 Å². The molecule has 0 fully saturated rings. The van der Waals surface area contributed by atoms with Gasteiger partial charge in [0.25, 0.3) is 0 Å². The monoisotopic (exact) mass is 264 g/mol. The summed E-state index contributed by atoms with van der Waals surface area (Å²) in [5.41, 5.74) is 0.392. The van der Waals surface area contributed by atoms with Crippen molar-refractivity contribution in [2.45, 2.75) is 25.8 Å². The van der Waals surface area contributed by atoms with Crippen LogP contribution in [0.5, 0.6) is 0 Å². The standard InChI is InChI=1S/C12H17FN6/c1-3-6-14-10(8-11-16-18-19(2)17-11)12-9(13)5-4-7-15-12/h4-5,7,10,14H,3,6,8H2,1-2H3. The molecule has 1 unspecified atom stereocenters. The zero-order chi connectivity index (χ0) is 13.7. The van der Waals surface area contributed by atoms with Crippen LogP contribution in [-0.2, 0) is 13.5 Å². The molecule has 6 nitrogen and oxygen atoms in total. The molecule has 0 spiro atoms. The molecule has 1 atom stereocenters. The molecule has 0 aliphatic carbocycles. The molecule has 0 aliphatic rings. The highest BCUT2D eigenvalue weighted by molar-refractivity contribution is 5.13. The summed E-state index contributed by atoms with van der Waals surface area (Å²) >= 11 is 0. The second kappa shape index (κ2) is 6.33. The van der Waals surface area contributed by atoms with Gasteiger partial charge in [0.05, 0.1) is 18.8 Å². The van der Waals surface area contributed by atoms with Gasteiger partial charge in [-0.3, -0.25) is 4.98 Å². The molecule has 0 saturated carbocycles. The Bertz CT molecular complexity index is 526. The molecule has 2 aromatic heterocycles. The minimum absolute atomic E-state index is 0.245. The largest absolute Gasteiger partial charge is 0.308 e. The quantitative estimate of drug-likeness (QED) is 0.844. The van der Waals surface area contributed by atoms with E-state index in [-0.39, 0.29) is 11.9 Å². The van der Waals surface area contributed by atoms with Gasteiger partial charge in [0.15, 0.2) is 5.82 Å². The van der Waals surface area contributed by atoms with E-state index in [4.69, 9.17) is 0 Å². The Labute approximate surface area is 111 Å². The van der Waals surface area contributed by atoms with Crippen molar-refractivity contribution in [2.75, 3.05) is 6.54 Å². The first kappa shape index (κ1) is 13.5. The van der Waals surface area contributed by atoms with E-state index in [1.807, 2.05) is 0 Å². The molecular formula is C12H17FN6. The summed E-state index contributed by atoms with van der Waals surface area (Å²) in [6.07, 6.45) is 3.00. The second-order valence-corrected chi connectivity index (χ2v) is 4.28. The number of rotatable bonds is 6. The number of aromatic nitrogens is 5. The van der Waals surface area contributed by atoms with Crippen LogP contribution >= 0.6 is 0 Å². The first-order valence-corrected chi connectivity index (χ1v) is 6.27. The van der Waals surface area contributed by atoms with Gasteiger partial charge in [0, 0.05) is 12.6 Å². The second-order valence-electron chi connectivity index (χ2n) is 4.28. The highest BCUT2D eigenvalue weighted by Crippen LogP contribution is 2.17. The summed E-state index contributed by atoms with van der Waals surface area (Å²) in [5, 5.41) is 15.1. The van der Waals surface area contributed by atoms with Crippen LogP contribution in [0.15, 0.2) is 18.3 Å². The summed E-state index contributed by atoms with van der Waals surface area (Å²) in [6, 6.07) is 2.74. The van der Waals surface area contributed by atoms with Gasteiger partial charge in [0.2, 0.25) is 0 Å². The summed E-state index contributed by atoms with van der Waals surface area (Å²) in [4.78, 5) is 5.50. The highest BCUT2D eigenvalue weighted by Gasteiger charge is 2.19. The highest BCUT2D eigenvalue weighted by atomic mass is 19.1. The number of nitrogens with zero attached hydrogens (tertiary/aromatic N) is 5. The summed E-state index contributed by atoms with van der Waals surface area (Å²) in [5.74, 6) is 0.251. The van der Waals surface area contributed by atoms with Gasteiger partial charge >= 0.3 is 0 Å². The lowest BCUT2D eigenvalue weighted by atomic mass is 10.1. The number of tetrazole rings is 1. The van der Waals surface area contributed by atoms with Crippen molar-refractivity contribution in [1.29, 1.82) is 0 Å². The van der Waals surface area contributed by atoms with Gasteiger partial charge in [-0.05, 0) is 30.3 Å². The number of nitrogens with one attached hydrogen (secondary N) is 1. The molecule has 7 heteroatoms. The lowest BCUT2D eigenvalue weighted by Gasteiger charge is -2.16. The third-order valence-corrected chi connectivity index (χ3v) is 2.69. The predicted molar refractivity (Wildman–Crippen MR) is 67.7 cm³/mol. The molecule has 1 N–H and O–H groups in total. The molecule has 0 bridgehead atoms. The van der Waals surface area contributed by atoms with Gasteiger partial charge in [-0.15, -0.1) is 10.2 Å². The van der Waals surface area contributed by atoms with E-state index in [1.54, 1.807) is 19.3 Å². The van der Waals surface area contributed by atoms with Gasteiger partial charge in [-0.1, -0.05) is 6.92 Å². The number of hydrogen-bond donors (Lipinski definition) is 1. The third-order valence-electron chi connectivity index (χ3n) is 2.69. The molecular weight excluding hydrogens is 247 g/mol. The molecule has 0 amide bonds. The number of halogens is 1. The topological polar surface area (TPSA) is 68.5 Å². The predicted octanol–water partition coefficient (Wildman–Crippen LogP) is 1.03. The van der Waals surface area contributed by atoms with Crippen molar-refractivity contribution >= 4 is 0 Å². The van der Waals surface area contributed by atoms with E-state index in [9.17, 15) is 4.39 Å². The van der Waals surface area contributed by atoms with Crippen LogP contribution in [-0.4, -0.2) is 31.7 Å². The Morgan fingerprint density at radius 1 is 1.47 bits per heavy atom. The van der Waals surface area contributed by atoms with E-state index in [0.29, 0.717) is 17.9 Å². The first-order chi connectivity index (χ1) is 9.20. The lowest BCUT2D eigenvalue weighted by Crippen LogP contribution is -2.26. The maximum absolute atomic E-state index is 13.8. The third kappa shape index (κ3) is 3.54. The number of hydrogen-bond acceptors (Lipinski definition) is 5. The minimum atomic E-state index is -0.319. The van der Waals surface area contributed by atoms with Gasteiger partial charge < -0.3 is 5.32 Å². The fourth-order valence-corrected chi connectivity index (χ4v) is 1.83. The average Bonchev–Trinajstić information content (AvgIpc) is 2.81.